The van der Waals surface area contributed by atoms with E-state index in [0.717, 1.165) is 29.2 Å². The molecule has 1 aliphatic carbocycles. The molecule has 16 heavy (non-hydrogen) atoms. The van der Waals surface area contributed by atoms with Crippen LogP contribution in [-0.2, 0) is 0 Å². The molecule has 3 rings (SSSR count). The summed E-state index contributed by atoms with van der Waals surface area (Å²) in [5.41, 5.74) is 2.19. The summed E-state index contributed by atoms with van der Waals surface area (Å²) in [6, 6.07) is 6.27. The van der Waals surface area contributed by atoms with Crippen molar-refractivity contribution in [3.05, 3.63) is 30.2 Å². The number of hydrogen-bond acceptors (Lipinski definition) is 3. The topological polar surface area (TPSA) is 37.8 Å². The van der Waals surface area contributed by atoms with Crippen molar-refractivity contribution in [3.8, 4) is 0 Å². The Hall–Kier alpha value is -1.64. The van der Waals surface area contributed by atoms with Gasteiger partial charge in [-0.3, -0.25) is 0 Å². The van der Waals surface area contributed by atoms with Gasteiger partial charge in [-0.2, -0.15) is 0 Å². The number of fused-ring (bicyclic) bond motifs is 1. The van der Waals surface area contributed by atoms with Crippen molar-refractivity contribution in [2.75, 3.05) is 11.9 Å². The van der Waals surface area contributed by atoms with Crippen molar-refractivity contribution >= 4 is 16.6 Å². The van der Waals surface area contributed by atoms with Gasteiger partial charge in [-0.05, 0) is 43.9 Å². The van der Waals surface area contributed by atoms with Crippen molar-refractivity contribution in [2.45, 2.75) is 19.8 Å². The average Bonchev–Trinajstić information content (AvgIpc) is 3.10. The molecule has 0 unspecified atom stereocenters. The highest BCUT2D eigenvalue weighted by Gasteiger charge is 2.20. The molecule has 1 aliphatic rings. The van der Waals surface area contributed by atoms with Gasteiger partial charge in [0, 0.05) is 23.8 Å². The summed E-state index contributed by atoms with van der Waals surface area (Å²) < 4.78 is 0. The largest absolute Gasteiger partial charge is 0.385 e. The zero-order chi connectivity index (χ0) is 11.0. The first-order valence-corrected chi connectivity index (χ1v) is 5.78. The third-order valence-corrected chi connectivity index (χ3v) is 2.99. The Morgan fingerprint density at radius 3 is 3.06 bits per heavy atom. The van der Waals surface area contributed by atoms with Crippen molar-refractivity contribution < 1.29 is 0 Å². The number of benzene rings is 1. The summed E-state index contributed by atoms with van der Waals surface area (Å²) in [6.07, 6.45) is 4.64. The lowest BCUT2D eigenvalue weighted by molar-refractivity contribution is 0.889. The van der Waals surface area contributed by atoms with Crippen molar-refractivity contribution in [2.24, 2.45) is 5.92 Å². The summed E-state index contributed by atoms with van der Waals surface area (Å²) in [6.45, 7) is 3.01. The predicted molar refractivity (Wildman–Crippen MR) is 65.5 cm³/mol. The van der Waals surface area contributed by atoms with E-state index in [9.17, 15) is 0 Å². The highest BCUT2D eigenvalue weighted by Crippen LogP contribution is 2.29. The van der Waals surface area contributed by atoms with Gasteiger partial charge in [-0.1, -0.05) is 0 Å². The predicted octanol–water partition coefficient (Wildman–Crippen LogP) is 2.76. The molecule has 0 radical (unpaired) electrons. The Bertz CT molecular complexity index is 518. The van der Waals surface area contributed by atoms with E-state index in [1.165, 1.54) is 18.5 Å². The number of aromatic nitrogens is 2. The van der Waals surface area contributed by atoms with Gasteiger partial charge in [-0.15, -0.1) is 0 Å². The van der Waals surface area contributed by atoms with Crippen LogP contribution in [0.1, 0.15) is 18.7 Å². The van der Waals surface area contributed by atoms with E-state index < -0.39 is 0 Å². The first-order chi connectivity index (χ1) is 7.81. The Kier molecular flexibility index (Phi) is 2.24. The molecule has 1 fully saturated rings. The van der Waals surface area contributed by atoms with Crippen LogP contribution >= 0.6 is 0 Å². The molecule has 0 aliphatic heterocycles. The fraction of sp³-hybridized carbons (Fsp3) is 0.385. The molecule has 3 heteroatoms. The Morgan fingerprint density at radius 2 is 2.25 bits per heavy atom. The van der Waals surface area contributed by atoms with Crippen LogP contribution in [0.5, 0.6) is 0 Å². The van der Waals surface area contributed by atoms with E-state index in [-0.39, 0.29) is 0 Å². The first kappa shape index (κ1) is 9.58. The molecule has 1 aromatic heterocycles. The third-order valence-electron chi connectivity index (χ3n) is 2.99. The Labute approximate surface area is 94.9 Å². The van der Waals surface area contributed by atoms with Gasteiger partial charge in [0.15, 0.2) is 0 Å². The molecule has 0 spiro atoms. The molecule has 0 bridgehead atoms. The van der Waals surface area contributed by atoms with Crippen molar-refractivity contribution in [1.82, 2.24) is 9.97 Å². The second kappa shape index (κ2) is 3.74. The Balaban J connectivity index is 1.86. The number of hydrogen-bond donors (Lipinski definition) is 1. The fourth-order valence-electron chi connectivity index (χ4n) is 1.82. The molecule has 2 aromatic rings. The molecule has 82 valence electrons. The van der Waals surface area contributed by atoms with Gasteiger partial charge in [0.1, 0.15) is 5.82 Å². The first-order valence-electron chi connectivity index (χ1n) is 5.78. The van der Waals surface area contributed by atoms with Crippen molar-refractivity contribution in [3.63, 3.8) is 0 Å². The van der Waals surface area contributed by atoms with E-state index in [0.29, 0.717) is 0 Å². The third kappa shape index (κ3) is 1.98. The zero-order valence-electron chi connectivity index (χ0n) is 9.40. The molecular formula is C13H15N3. The lowest BCUT2D eigenvalue weighted by atomic mass is 10.2. The van der Waals surface area contributed by atoms with E-state index >= 15 is 0 Å². The highest BCUT2D eigenvalue weighted by molar-refractivity contribution is 5.81. The van der Waals surface area contributed by atoms with Gasteiger partial charge < -0.3 is 5.32 Å². The highest BCUT2D eigenvalue weighted by atomic mass is 14.9. The van der Waals surface area contributed by atoms with Crippen LogP contribution in [0.4, 0.5) is 5.69 Å². The van der Waals surface area contributed by atoms with Crippen molar-refractivity contribution in [1.29, 1.82) is 0 Å². The summed E-state index contributed by atoms with van der Waals surface area (Å²) >= 11 is 0. The van der Waals surface area contributed by atoms with Gasteiger partial charge in [0.25, 0.3) is 0 Å². The van der Waals surface area contributed by atoms with Crippen LogP contribution in [0.15, 0.2) is 24.4 Å². The smallest absolute Gasteiger partial charge is 0.125 e. The number of nitrogens with zero attached hydrogens (tertiary/aromatic N) is 2. The SMILES string of the molecule is Cc1ncc2cc(NCC3CC3)ccc2n1. The quantitative estimate of drug-likeness (QED) is 0.852. The summed E-state index contributed by atoms with van der Waals surface area (Å²) in [5.74, 6) is 1.72. The minimum absolute atomic E-state index is 0.825. The number of rotatable bonds is 3. The maximum Gasteiger partial charge on any atom is 0.125 e. The molecule has 0 atom stereocenters. The molecule has 1 heterocycles. The summed E-state index contributed by atoms with van der Waals surface area (Å²) in [5, 5.41) is 4.56. The molecule has 0 saturated heterocycles. The van der Waals surface area contributed by atoms with Crippen LogP contribution in [0.25, 0.3) is 10.9 Å². The number of nitrogens with one attached hydrogen (secondary N) is 1. The van der Waals surface area contributed by atoms with Crippen LogP contribution in [-0.4, -0.2) is 16.5 Å². The van der Waals surface area contributed by atoms with Gasteiger partial charge in [-0.25, -0.2) is 9.97 Å². The maximum atomic E-state index is 4.39. The molecule has 1 saturated carbocycles. The number of anilines is 1. The molecule has 0 amide bonds. The fourth-order valence-corrected chi connectivity index (χ4v) is 1.82. The molecular weight excluding hydrogens is 198 g/mol. The second-order valence-electron chi connectivity index (χ2n) is 4.52. The average molecular weight is 213 g/mol. The Morgan fingerprint density at radius 1 is 1.38 bits per heavy atom. The minimum atomic E-state index is 0.825. The van der Waals surface area contributed by atoms with Crippen LogP contribution in [0.3, 0.4) is 0 Å². The zero-order valence-corrected chi connectivity index (χ0v) is 9.40. The normalized spacial score (nSPS) is 15.3. The summed E-state index contributed by atoms with van der Waals surface area (Å²) in [4.78, 5) is 8.60. The molecule has 1 N–H and O–H groups in total. The lowest BCUT2D eigenvalue weighted by Crippen LogP contribution is -2.02. The van der Waals surface area contributed by atoms with E-state index in [1.807, 2.05) is 13.1 Å². The lowest BCUT2D eigenvalue weighted by Gasteiger charge is -2.06. The van der Waals surface area contributed by atoms with E-state index in [2.05, 4.69) is 33.5 Å². The molecule has 1 aromatic carbocycles. The minimum Gasteiger partial charge on any atom is -0.385 e. The van der Waals surface area contributed by atoms with Crippen LogP contribution in [0, 0.1) is 12.8 Å². The van der Waals surface area contributed by atoms with Crippen LogP contribution < -0.4 is 5.32 Å². The molecule has 3 nitrogen and oxygen atoms in total. The number of aryl methyl sites for hydroxylation is 1. The van der Waals surface area contributed by atoms with E-state index in [1.54, 1.807) is 0 Å². The summed E-state index contributed by atoms with van der Waals surface area (Å²) in [7, 11) is 0. The second-order valence-corrected chi connectivity index (χ2v) is 4.52. The standard InChI is InChI=1S/C13H15N3/c1-9-14-8-11-6-12(4-5-13(11)16-9)15-7-10-2-3-10/h4-6,8,10,15H,2-3,7H2,1H3. The van der Waals surface area contributed by atoms with Gasteiger partial charge in [0.05, 0.1) is 5.52 Å². The van der Waals surface area contributed by atoms with Gasteiger partial charge in [0.2, 0.25) is 0 Å². The maximum absolute atomic E-state index is 4.39. The van der Waals surface area contributed by atoms with Gasteiger partial charge >= 0.3 is 0 Å². The monoisotopic (exact) mass is 213 g/mol. The van der Waals surface area contributed by atoms with E-state index in [4.69, 9.17) is 0 Å². The van der Waals surface area contributed by atoms with Crippen LogP contribution in [0.2, 0.25) is 0 Å².